The van der Waals surface area contributed by atoms with Crippen LogP contribution in [0.3, 0.4) is 0 Å². The van der Waals surface area contributed by atoms with E-state index in [1.54, 1.807) is 0 Å². The Labute approximate surface area is 131 Å². The quantitative estimate of drug-likeness (QED) is 0.689. The Bertz CT molecular complexity index is 500. The fourth-order valence-corrected chi connectivity index (χ4v) is 4.70. The predicted octanol–water partition coefficient (Wildman–Crippen LogP) is 0.312. The second-order valence-corrected chi connectivity index (χ2v) is 8.41. The molecular weight excluding hydrogens is 306 g/mol. The van der Waals surface area contributed by atoms with Crippen molar-refractivity contribution in [1.29, 1.82) is 0 Å². The molecule has 0 radical (unpaired) electrons. The van der Waals surface area contributed by atoms with Crippen molar-refractivity contribution in [2.24, 2.45) is 0 Å². The Hall–Kier alpha value is -1.31. The van der Waals surface area contributed by atoms with Gasteiger partial charge in [0.05, 0.1) is 18.1 Å². The van der Waals surface area contributed by atoms with Gasteiger partial charge in [0.2, 0.25) is 5.91 Å². The van der Waals surface area contributed by atoms with E-state index < -0.39 is 9.84 Å². The number of carbonyl (C=O) groups excluding carboxylic acids is 2. The number of carbonyl (C=O) groups is 2. The minimum absolute atomic E-state index is 0.00693. The summed E-state index contributed by atoms with van der Waals surface area (Å²) in [6, 6.07) is -0.479. The molecule has 1 aliphatic carbocycles. The highest BCUT2D eigenvalue weighted by Crippen LogP contribution is 2.17. The van der Waals surface area contributed by atoms with E-state index in [-0.39, 0.29) is 42.1 Å². The van der Waals surface area contributed by atoms with Crippen LogP contribution in [0.1, 0.15) is 44.9 Å². The molecule has 1 atom stereocenters. The van der Waals surface area contributed by atoms with Crippen LogP contribution in [0.25, 0.3) is 0 Å². The minimum Gasteiger partial charge on any atom is -0.351 e. The van der Waals surface area contributed by atoms with Crippen LogP contribution in [0, 0.1) is 0 Å². The lowest BCUT2D eigenvalue weighted by atomic mass is 9.96. The van der Waals surface area contributed by atoms with E-state index in [0.717, 1.165) is 25.7 Å². The monoisotopic (exact) mass is 331 g/mol. The summed E-state index contributed by atoms with van der Waals surface area (Å²) in [6.07, 6.45) is 6.68. The van der Waals surface area contributed by atoms with Gasteiger partial charge in [0.15, 0.2) is 9.84 Å². The number of hydrogen-bond donors (Lipinski definition) is 3. The first-order chi connectivity index (χ1) is 10.4. The average molecular weight is 331 g/mol. The normalized spacial score (nSPS) is 25.2. The van der Waals surface area contributed by atoms with Crippen molar-refractivity contribution >= 4 is 21.8 Å². The van der Waals surface area contributed by atoms with E-state index in [1.165, 1.54) is 6.42 Å². The summed E-state index contributed by atoms with van der Waals surface area (Å²) in [7, 11) is -3.04. The summed E-state index contributed by atoms with van der Waals surface area (Å²) in [6.45, 7) is -0.130. The molecule has 1 saturated heterocycles. The first-order valence-corrected chi connectivity index (χ1v) is 9.81. The van der Waals surface area contributed by atoms with Crippen molar-refractivity contribution in [1.82, 2.24) is 16.0 Å². The van der Waals surface area contributed by atoms with Crippen molar-refractivity contribution in [3.05, 3.63) is 0 Å². The highest BCUT2D eigenvalue weighted by molar-refractivity contribution is 7.91. The second-order valence-electron chi connectivity index (χ2n) is 6.18. The van der Waals surface area contributed by atoms with Crippen LogP contribution in [0.2, 0.25) is 0 Å². The highest BCUT2D eigenvalue weighted by atomic mass is 32.2. The molecule has 3 N–H and O–H groups in total. The Morgan fingerprint density at radius 1 is 0.909 bits per heavy atom. The fourth-order valence-electron chi connectivity index (χ4n) is 3.06. The maximum atomic E-state index is 11.8. The molecule has 1 aliphatic heterocycles. The van der Waals surface area contributed by atoms with Gasteiger partial charge < -0.3 is 16.0 Å². The molecule has 2 fully saturated rings. The van der Waals surface area contributed by atoms with Gasteiger partial charge in [-0.2, -0.15) is 0 Å². The summed E-state index contributed by atoms with van der Waals surface area (Å²) < 4.78 is 23.0. The van der Waals surface area contributed by atoms with Gasteiger partial charge in [-0.15, -0.1) is 0 Å². The second kappa shape index (κ2) is 7.80. The van der Waals surface area contributed by atoms with E-state index in [0.29, 0.717) is 12.8 Å². The van der Waals surface area contributed by atoms with Crippen LogP contribution in [0.4, 0.5) is 4.79 Å². The van der Waals surface area contributed by atoms with Crippen LogP contribution in [0.5, 0.6) is 0 Å². The molecule has 1 heterocycles. The molecule has 2 rings (SSSR count). The highest BCUT2D eigenvalue weighted by Gasteiger charge is 2.25. The van der Waals surface area contributed by atoms with Crippen LogP contribution in [-0.2, 0) is 14.6 Å². The lowest BCUT2D eigenvalue weighted by Gasteiger charge is -2.24. The Morgan fingerprint density at radius 2 is 1.59 bits per heavy atom. The smallest absolute Gasteiger partial charge is 0.315 e. The number of nitrogens with one attached hydrogen (secondary N) is 3. The van der Waals surface area contributed by atoms with Gasteiger partial charge in [0.1, 0.15) is 0 Å². The molecule has 2 aliphatic rings. The molecule has 22 heavy (non-hydrogen) atoms. The number of sulfone groups is 1. The Balaban J connectivity index is 1.65. The third kappa shape index (κ3) is 5.82. The number of urea groups is 1. The molecule has 0 aromatic heterocycles. The van der Waals surface area contributed by atoms with Gasteiger partial charge in [-0.05, 0) is 25.7 Å². The molecule has 3 amide bonds. The van der Waals surface area contributed by atoms with E-state index in [2.05, 4.69) is 16.0 Å². The van der Waals surface area contributed by atoms with Crippen LogP contribution >= 0.6 is 0 Å². The third-order valence-electron chi connectivity index (χ3n) is 4.18. The van der Waals surface area contributed by atoms with E-state index >= 15 is 0 Å². The molecule has 8 heteroatoms. The lowest BCUT2D eigenvalue weighted by molar-refractivity contribution is -0.120. The van der Waals surface area contributed by atoms with Gasteiger partial charge in [0.25, 0.3) is 0 Å². The van der Waals surface area contributed by atoms with E-state index in [4.69, 9.17) is 0 Å². The summed E-state index contributed by atoms with van der Waals surface area (Å²) in [5.74, 6) is -0.157. The molecule has 1 unspecified atom stereocenters. The molecule has 0 spiro atoms. The first-order valence-electron chi connectivity index (χ1n) is 7.99. The zero-order chi connectivity index (χ0) is 16.0. The van der Waals surface area contributed by atoms with Crippen LogP contribution in [0.15, 0.2) is 0 Å². The standard InChI is InChI=1S/C14H25N3O4S/c18-13(16-12-7-4-8-22(20,21)10-12)9-15-14(19)17-11-5-2-1-3-6-11/h11-12H,1-10H2,(H,16,18)(H2,15,17,19). The first kappa shape index (κ1) is 17.1. The SMILES string of the molecule is O=C(CNC(=O)NC1CCCCC1)NC1CCCS(=O)(=O)C1. The number of hydrogen-bond acceptors (Lipinski definition) is 4. The summed E-state index contributed by atoms with van der Waals surface area (Å²) in [5.41, 5.74) is 0. The summed E-state index contributed by atoms with van der Waals surface area (Å²) in [4.78, 5) is 23.5. The molecule has 0 aromatic rings. The topological polar surface area (TPSA) is 104 Å². The minimum atomic E-state index is -3.04. The van der Waals surface area contributed by atoms with Gasteiger partial charge in [0, 0.05) is 12.1 Å². The van der Waals surface area contributed by atoms with E-state index in [1.807, 2.05) is 0 Å². The largest absolute Gasteiger partial charge is 0.351 e. The van der Waals surface area contributed by atoms with Gasteiger partial charge in [-0.3, -0.25) is 4.79 Å². The van der Waals surface area contributed by atoms with Crippen molar-refractivity contribution in [2.45, 2.75) is 57.0 Å². The van der Waals surface area contributed by atoms with Crippen molar-refractivity contribution in [2.75, 3.05) is 18.1 Å². The zero-order valence-corrected chi connectivity index (χ0v) is 13.6. The Kier molecular flexibility index (Phi) is 6.05. The Morgan fingerprint density at radius 3 is 2.27 bits per heavy atom. The maximum Gasteiger partial charge on any atom is 0.315 e. The fraction of sp³-hybridized carbons (Fsp3) is 0.857. The third-order valence-corrected chi connectivity index (χ3v) is 6.00. The van der Waals surface area contributed by atoms with Crippen molar-refractivity contribution in [3.8, 4) is 0 Å². The summed E-state index contributed by atoms with van der Waals surface area (Å²) >= 11 is 0. The van der Waals surface area contributed by atoms with Crippen LogP contribution in [-0.4, -0.2) is 50.5 Å². The van der Waals surface area contributed by atoms with E-state index in [9.17, 15) is 18.0 Å². The lowest BCUT2D eigenvalue weighted by Crippen LogP contribution is -2.49. The molecular formula is C14H25N3O4S. The van der Waals surface area contributed by atoms with Crippen LogP contribution < -0.4 is 16.0 Å². The molecule has 0 aromatic carbocycles. The van der Waals surface area contributed by atoms with Crippen molar-refractivity contribution < 1.29 is 18.0 Å². The summed E-state index contributed by atoms with van der Waals surface area (Å²) in [5, 5.41) is 8.07. The maximum absolute atomic E-state index is 11.8. The molecule has 0 bridgehead atoms. The average Bonchev–Trinajstić information content (AvgIpc) is 2.45. The van der Waals surface area contributed by atoms with Gasteiger partial charge in [-0.1, -0.05) is 19.3 Å². The predicted molar refractivity (Wildman–Crippen MR) is 83.2 cm³/mol. The molecule has 7 nitrogen and oxygen atoms in total. The molecule has 1 saturated carbocycles. The zero-order valence-electron chi connectivity index (χ0n) is 12.8. The van der Waals surface area contributed by atoms with Gasteiger partial charge >= 0.3 is 6.03 Å². The number of amides is 3. The van der Waals surface area contributed by atoms with Gasteiger partial charge in [-0.25, -0.2) is 13.2 Å². The number of rotatable bonds is 4. The van der Waals surface area contributed by atoms with Crippen molar-refractivity contribution in [3.63, 3.8) is 0 Å². The molecule has 126 valence electrons.